The maximum absolute atomic E-state index is 12.0. The molecule has 128 valence electrons. The van der Waals surface area contributed by atoms with Crippen molar-refractivity contribution in [3.05, 3.63) is 52.0 Å². The van der Waals surface area contributed by atoms with Gasteiger partial charge >= 0.3 is 5.97 Å². The summed E-state index contributed by atoms with van der Waals surface area (Å²) in [7, 11) is 0. The number of amides is 1. The van der Waals surface area contributed by atoms with Gasteiger partial charge in [-0.15, -0.1) is 0 Å². The number of hydrogen-bond acceptors (Lipinski definition) is 6. The van der Waals surface area contributed by atoms with Gasteiger partial charge in [0.05, 0.1) is 23.8 Å². The van der Waals surface area contributed by atoms with Crippen LogP contribution in [0.2, 0.25) is 10.0 Å². The number of carbonyl (C=O) groups is 2. The predicted octanol–water partition coefficient (Wildman–Crippen LogP) is 3.72. The lowest BCUT2D eigenvalue weighted by atomic mass is 10.1. The Morgan fingerprint density at radius 1 is 1.08 bits per heavy atom. The van der Waals surface area contributed by atoms with Crippen molar-refractivity contribution in [3.8, 4) is 0 Å². The highest BCUT2D eigenvalue weighted by molar-refractivity contribution is 7.00. The van der Waals surface area contributed by atoms with Crippen LogP contribution >= 0.6 is 34.9 Å². The summed E-state index contributed by atoms with van der Waals surface area (Å²) >= 11 is 13.1. The predicted molar refractivity (Wildman–Crippen MR) is 97.2 cm³/mol. The van der Waals surface area contributed by atoms with Gasteiger partial charge in [0.25, 0.3) is 5.91 Å². The van der Waals surface area contributed by atoms with Crippen LogP contribution in [-0.2, 0) is 20.7 Å². The molecule has 1 N–H and O–H groups in total. The third-order valence-corrected chi connectivity index (χ3v) is 4.56. The van der Waals surface area contributed by atoms with E-state index in [0.29, 0.717) is 32.3 Å². The average Bonchev–Trinajstić information content (AvgIpc) is 3.06. The zero-order chi connectivity index (χ0) is 17.8. The zero-order valence-corrected chi connectivity index (χ0v) is 15.0. The van der Waals surface area contributed by atoms with Gasteiger partial charge < -0.3 is 10.1 Å². The Balaban J connectivity index is 1.57. The van der Waals surface area contributed by atoms with Gasteiger partial charge in [-0.3, -0.25) is 9.59 Å². The summed E-state index contributed by atoms with van der Waals surface area (Å²) in [5.41, 5.74) is 2.26. The number of esters is 1. The quantitative estimate of drug-likeness (QED) is 0.665. The first kappa shape index (κ1) is 17.6. The molecule has 0 aliphatic rings. The van der Waals surface area contributed by atoms with Crippen molar-refractivity contribution < 1.29 is 14.3 Å². The first-order valence-electron chi connectivity index (χ1n) is 7.14. The smallest absolute Gasteiger partial charge is 0.310 e. The Morgan fingerprint density at radius 2 is 1.80 bits per heavy atom. The van der Waals surface area contributed by atoms with Crippen molar-refractivity contribution in [1.29, 1.82) is 0 Å². The molecule has 1 aromatic heterocycles. The fourth-order valence-corrected chi connectivity index (χ4v) is 3.22. The van der Waals surface area contributed by atoms with Gasteiger partial charge in [-0.05, 0) is 24.3 Å². The van der Waals surface area contributed by atoms with Crippen LogP contribution in [0.1, 0.15) is 5.56 Å². The minimum atomic E-state index is -0.598. The van der Waals surface area contributed by atoms with Crippen LogP contribution in [0.15, 0.2) is 36.4 Å². The van der Waals surface area contributed by atoms with Gasteiger partial charge in [0.1, 0.15) is 11.0 Å². The van der Waals surface area contributed by atoms with Crippen LogP contribution in [0, 0.1) is 0 Å². The number of benzene rings is 2. The van der Waals surface area contributed by atoms with Crippen molar-refractivity contribution in [2.45, 2.75) is 6.42 Å². The molecule has 9 heteroatoms. The molecule has 1 amide bonds. The highest BCUT2D eigenvalue weighted by atomic mass is 35.5. The summed E-state index contributed by atoms with van der Waals surface area (Å²) < 4.78 is 13.2. The third kappa shape index (κ3) is 4.25. The van der Waals surface area contributed by atoms with Crippen LogP contribution in [0.25, 0.3) is 11.0 Å². The number of rotatable bonds is 5. The molecule has 0 atom stereocenters. The van der Waals surface area contributed by atoms with E-state index >= 15 is 0 Å². The van der Waals surface area contributed by atoms with Crippen LogP contribution in [-0.4, -0.2) is 27.2 Å². The Morgan fingerprint density at radius 3 is 2.56 bits per heavy atom. The first-order valence-corrected chi connectivity index (χ1v) is 8.63. The highest BCUT2D eigenvalue weighted by Crippen LogP contribution is 2.25. The lowest BCUT2D eigenvalue weighted by molar-refractivity contribution is -0.146. The summed E-state index contributed by atoms with van der Waals surface area (Å²) in [4.78, 5) is 23.9. The van der Waals surface area contributed by atoms with Gasteiger partial charge in [-0.1, -0.05) is 35.3 Å². The van der Waals surface area contributed by atoms with Crippen molar-refractivity contribution in [2.24, 2.45) is 0 Å². The molecule has 0 bridgehead atoms. The van der Waals surface area contributed by atoms with Crippen LogP contribution < -0.4 is 5.32 Å². The first-order chi connectivity index (χ1) is 12.0. The van der Waals surface area contributed by atoms with Crippen molar-refractivity contribution in [2.75, 3.05) is 11.9 Å². The zero-order valence-electron chi connectivity index (χ0n) is 12.7. The lowest BCUT2D eigenvalue weighted by Crippen LogP contribution is -2.21. The Bertz CT molecular complexity index is 925. The summed E-state index contributed by atoms with van der Waals surface area (Å²) in [6, 6.07) is 10.2. The standard InChI is InChI=1S/C16H11Cl2N3O3S/c17-10-3-1-4-11(18)9(10)7-15(23)24-8-14(22)19-12-5-2-6-13-16(12)21-25-20-13/h1-6H,7-8H2,(H,19,22). The maximum Gasteiger partial charge on any atom is 0.310 e. The average molecular weight is 396 g/mol. The van der Waals surface area contributed by atoms with Gasteiger partial charge in [-0.25, -0.2) is 0 Å². The van der Waals surface area contributed by atoms with Gasteiger partial charge in [-0.2, -0.15) is 8.75 Å². The molecule has 0 spiro atoms. The second kappa shape index (κ2) is 7.77. The molecule has 0 radical (unpaired) electrons. The molecule has 0 saturated heterocycles. The number of nitrogens with zero attached hydrogens (tertiary/aromatic N) is 2. The molecule has 0 fully saturated rings. The normalized spacial score (nSPS) is 10.6. The minimum Gasteiger partial charge on any atom is -0.455 e. The number of ether oxygens (including phenoxy) is 1. The number of halogens is 2. The van der Waals surface area contributed by atoms with Crippen molar-refractivity contribution in [1.82, 2.24) is 8.75 Å². The summed E-state index contributed by atoms with van der Waals surface area (Å²) in [6.07, 6.45) is -0.114. The largest absolute Gasteiger partial charge is 0.455 e. The summed E-state index contributed by atoms with van der Waals surface area (Å²) in [5.74, 6) is -1.07. The van der Waals surface area contributed by atoms with E-state index in [1.165, 1.54) is 0 Å². The number of hydrogen-bond donors (Lipinski definition) is 1. The molecular weight excluding hydrogens is 385 g/mol. The SMILES string of the molecule is O=C(COC(=O)Cc1c(Cl)cccc1Cl)Nc1cccc2nsnc12. The van der Waals surface area contributed by atoms with Gasteiger partial charge in [0.15, 0.2) is 6.61 Å². The molecule has 25 heavy (non-hydrogen) atoms. The van der Waals surface area contributed by atoms with E-state index in [2.05, 4.69) is 14.1 Å². The molecule has 2 aromatic carbocycles. The molecule has 3 aromatic rings. The fourth-order valence-electron chi connectivity index (χ4n) is 2.14. The molecule has 6 nitrogen and oxygen atoms in total. The van der Waals surface area contributed by atoms with E-state index in [1.807, 2.05) is 0 Å². The fraction of sp³-hybridized carbons (Fsp3) is 0.125. The van der Waals surface area contributed by atoms with E-state index < -0.39 is 18.5 Å². The van der Waals surface area contributed by atoms with Gasteiger partial charge in [0.2, 0.25) is 0 Å². The monoisotopic (exact) mass is 395 g/mol. The molecule has 0 aliphatic heterocycles. The second-order valence-electron chi connectivity index (χ2n) is 5.02. The Kier molecular flexibility index (Phi) is 5.47. The van der Waals surface area contributed by atoms with E-state index in [-0.39, 0.29) is 6.42 Å². The van der Waals surface area contributed by atoms with E-state index in [4.69, 9.17) is 27.9 Å². The topological polar surface area (TPSA) is 81.2 Å². The molecule has 3 rings (SSSR count). The third-order valence-electron chi connectivity index (χ3n) is 3.31. The number of anilines is 1. The molecule has 0 aliphatic carbocycles. The number of nitrogens with one attached hydrogen (secondary N) is 1. The molecule has 0 unspecified atom stereocenters. The Hall–Kier alpha value is -2.22. The molecule has 0 saturated carbocycles. The van der Waals surface area contributed by atoms with Crippen LogP contribution in [0.4, 0.5) is 5.69 Å². The number of aromatic nitrogens is 2. The van der Waals surface area contributed by atoms with Gasteiger partial charge in [0, 0.05) is 15.6 Å². The van der Waals surface area contributed by atoms with E-state index in [1.54, 1.807) is 36.4 Å². The van der Waals surface area contributed by atoms with Crippen LogP contribution in [0.3, 0.4) is 0 Å². The lowest BCUT2D eigenvalue weighted by Gasteiger charge is -2.08. The molecular formula is C16H11Cl2N3O3S. The van der Waals surface area contributed by atoms with E-state index in [9.17, 15) is 9.59 Å². The number of fused-ring (bicyclic) bond motifs is 1. The Labute approximate surface area is 157 Å². The summed E-state index contributed by atoms with van der Waals surface area (Å²) in [6.45, 7) is -0.422. The van der Waals surface area contributed by atoms with Crippen molar-refractivity contribution >= 4 is 63.5 Å². The number of carbonyl (C=O) groups excluding carboxylic acids is 2. The van der Waals surface area contributed by atoms with Crippen molar-refractivity contribution in [3.63, 3.8) is 0 Å². The molecule has 1 heterocycles. The maximum atomic E-state index is 12.0. The minimum absolute atomic E-state index is 0.114. The summed E-state index contributed by atoms with van der Waals surface area (Å²) in [5, 5.41) is 3.39. The second-order valence-corrected chi connectivity index (χ2v) is 6.37. The highest BCUT2D eigenvalue weighted by Gasteiger charge is 2.14. The van der Waals surface area contributed by atoms with E-state index in [0.717, 1.165) is 11.7 Å². The van der Waals surface area contributed by atoms with Crippen LogP contribution in [0.5, 0.6) is 0 Å².